The number of benzene rings is 2. The van der Waals surface area contributed by atoms with Crippen LogP contribution in [0.2, 0.25) is 0 Å². The Balaban J connectivity index is 1.28. The molecule has 0 bridgehead atoms. The van der Waals surface area contributed by atoms with Crippen molar-refractivity contribution in [2.24, 2.45) is 0 Å². The van der Waals surface area contributed by atoms with Crippen molar-refractivity contribution in [2.75, 3.05) is 45.9 Å². The molecule has 0 atom stereocenters. The molecule has 1 fully saturated rings. The molecule has 6 heteroatoms. The third-order valence-electron chi connectivity index (χ3n) is 4.77. The molecular weight excluding hydrogens is 354 g/mol. The quantitative estimate of drug-likeness (QED) is 0.760. The van der Waals surface area contributed by atoms with E-state index < -0.39 is 0 Å². The Kier molecular flexibility index (Phi) is 7.44. The first kappa shape index (κ1) is 19.9. The zero-order chi connectivity index (χ0) is 19.6. The van der Waals surface area contributed by atoms with Gasteiger partial charge in [0.05, 0.1) is 13.0 Å². The van der Waals surface area contributed by atoms with Gasteiger partial charge >= 0.3 is 0 Å². The van der Waals surface area contributed by atoms with Gasteiger partial charge in [0.25, 0.3) is 5.91 Å². The first-order chi connectivity index (χ1) is 13.7. The molecule has 1 aliphatic rings. The highest BCUT2D eigenvalue weighted by Crippen LogP contribution is 2.09. The number of ether oxygens (including phenoxy) is 1. The Morgan fingerprint density at radius 2 is 1.54 bits per heavy atom. The van der Waals surface area contributed by atoms with Gasteiger partial charge in [0.15, 0.2) is 0 Å². The van der Waals surface area contributed by atoms with Crippen molar-refractivity contribution < 1.29 is 14.3 Å². The Morgan fingerprint density at radius 3 is 2.21 bits per heavy atom. The van der Waals surface area contributed by atoms with Gasteiger partial charge in [0.1, 0.15) is 5.75 Å². The van der Waals surface area contributed by atoms with Crippen LogP contribution >= 0.6 is 0 Å². The summed E-state index contributed by atoms with van der Waals surface area (Å²) in [6, 6.07) is 18.9. The highest BCUT2D eigenvalue weighted by atomic mass is 16.5. The number of hydrogen-bond donors (Lipinski definition) is 1. The normalized spacial score (nSPS) is 14.5. The van der Waals surface area contributed by atoms with Crippen molar-refractivity contribution in [3.63, 3.8) is 0 Å². The van der Waals surface area contributed by atoms with Crippen molar-refractivity contribution in [3.8, 4) is 5.75 Å². The highest BCUT2D eigenvalue weighted by molar-refractivity contribution is 5.94. The summed E-state index contributed by atoms with van der Waals surface area (Å²) >= 11 is 0. The van der Waals surface area contributed by atoms with E-state index in [0.29, 0.717) is 32.7 Å². The molecule has 28 heavy (non-hydrogen) atoms. The van der Waals surface area contributed by atoms with Crippen LogP contribution in [0.1, 0.15) is 16.8 Å². The average molecular weight is 381 g/mol. The second kappa shape index (κ2) is 10.5. The van der Waals surface area contributed by atoms with Gasteiger partial charge in [-0.3, -0.25) is 14.5 Å². The van der Waals surface area contributed by atoms with Gasteiger partial charge in [-0.1, -0.05) is 36.4 Å². The van der Waals surface area contributed by atoms with Gasteiger partial charge < -0.3 is 15.0 Å². The zero-order valence-corrected chi connectivity index (χ0v) is 16.0. The van der Waals surface area contributed by atoms with E-state index in [4.69, 9.17) is 4.74 Å². The summed E-state index contributed by atoms with van der Waals surface area (Å²) in [6.07, 6.45) is 0.342. The lowest BCUT2D eigenvalue weighted by molar-refractivity contribution is -0.121. The van der Waals surface area contributed by atoms with E-state index in [0.717, 1.165) is 30.9 Å². The average Bonchev–Trinajstić information content (AvgIpc) is 2.75. The maximum absolute atomic E-state index is 12.5. The first-order valence-electron chi connectivity index (χ1n) is 9.73. The predicted molar refractivity (Wildman–Crippen MR) is 108 cm³/mol. The van der Waals surface area contributed by atoms with Crippen molar-refractivity contribution in [3.05, 3.63) is 66.2 Å². The Bertz CT molecular complexity index is 744. The van der Waals surface area contributed by atoms with Gasteiger partial charge in [-0.25, -0.2) is 0 Å². The van der Waals surface area contributed by atoms with Gasteiger partial charge in [0, 0.05) is 44.8 Å². The van der Waals surface area contributed by atoms with Gasteiger partial charge in [-0.15, -0.1) is 0 Å². The third kappa shape index (κ3) is 6.09. The van der Waals surface area contributed by atoms with Crippen LogP contribution in [0.3, 0.4) is 0 Å². The van der Waals surface area contributed by atoms with Crippen LogP contribution in [0.15, 0.2) is 60.7 Å². The molecule has 1 aliphatic heterocycles. The molecule has 0 saturated carbocycles. The summed E-state index contributed by atoms with van der Waals surface area (Å²) in [7, 11) is 0. The molecule has 2 amide bonds. The lowest BCUT2D eigenvalue weighted by Gasteiger charge is -2.34. The SMILES string of the molecule is O=C(CCOc1ccccc1)NCCN1CCN(C(=O)c2ccccc2)CC1. The molecule has 1 N–H and O–H groups in total. The van der Waals surface area contributed by atoms with E-state index in [-0.39, 0.29) is 11.8 Å². The molecule has 0 radical (unpaired) electrons. The molecule has 2 aromatic carbocycles. The van der Waals surface area contributed by atoms with Crippen LogP contribution in [0.25, 0.3) is 0 Å². The summed E-state index contributed by atoms with van der Waals surface area (Å²) in [5.74, 6) is 0.860. The van der Waals surface area contributed by atoms with Crippen molar-refractivity contribution in [2.45, 2.75) is 6.42 Å². The monoisotopic (exact) mass is 381 g/mol. The molecular formula is C22H27N3O3. The van der Waals surface area contributed by atoms with E-state index in [2.05, 4.69) is 10.2 Å². The van der Waals surface area contributed by atoms with E-state index in [1.165, 1.54) is 0 Å². The predicted octanol–water partition coefficient (Wildman–Crippen LogP) is 2.03. The van der Waals surface area contributed by atoms with E-state index >= 15 is 0 Å². The van der Waals surface area contributed by atoms with Crippen LogP contribution < -0.4 is 10.1 Å². The van der Waals surface area contributed by atoms with Crippen LogP contribution in [0.4, 0.5) is 0 Å². The molecule has 3 rings (SSSR count). The number of carbonyl (C=O) groups excluding carboxylic acids is 2. The number of nitrogens with zero attached hydrogens (tertiary/aromatic N) is 2. The van der Waals surface area contributed by atoms with E-state index in [1.54, 1.807) is 0 Å². The molecule has 148 valence electrons. The van der Waals surface area contributed by atoms with Crippen LogP contribution in [-0.2, 0) is 4.79 Å². The minimum atomic E-state index is -0.00572. The second-order valence-corrected chi connectivity index (χ2v) is 6.76. The lowest BCUT2D eigenvalue weighted by Crippen LogP contribution is -2.50. The minimum absolute atomic E-state index is 0.00572. The maximum atomic E-state index is 12.5. The molecule has 1 heterocycles. The highest BCUT2D eigenvalue weighted by Gasteiger charge is 2.21. The maximum Gasteiger partial charge on any atom is 0.253 e. The van der Waals surface area contributed by atoms with Gasteiger partial charge in [-0.2, -0.15) is 0 Å². The molecule has 2 aromatic rings. The largest absolute Gasteiger partial charge is 0.493 e. The lowest BCUT2D eigenvalue weighted by atomic mass is 10.2. The second-order valence-electron chi connectivity index (χ2n) is 6.76. The van der Waals surface area contributed by atoms with Crippen molar-refractivity contribution >= 4 is 11.8 Å². The van der Waals surface area contributed by atoms with E-state index in [1.807, 2.05) is 65.6 Å². The number of amides is 2. The molecule has 1 saturated heterocycles. The zero-order valence-electron chi connectivity index (χ0n) is 16.0. The fourth-order valence-electron chi connectivity index (χ4n) is 3.16. The number of hydrogen-bond acceptors (Lipinski definition) is 4. The van der Waals surface area contributed by atoms with Crippen LogP contribution in [-0.4, -0.2) is 67.5 Å². The Hall–Kier alpha value is -2.86. The summed E-state index contributed by atoms with van der Waals surface area (Å²) in [4.78, 5) is 28.5. The first-order valence-corrected chi connectivity index (χ1v) is 9.73. The molecule has 6 nitrogen and oxygen atoms in total. The minimum Gasteiger partial charge on any atom is -0.493 e. The van der Waals surface area contributed by atoms with Crippen LogP contribution in [0, 0.1) is 0 Å². The summed E-state index contributed by atoms with van der Waals surface area (Å²) in [5, 5.41) is 2.93. The summed E-state index contributed by atoms with van der Waals surface area (Å²) in [5.41, 5.74) is 0.737. The summed E-state index contributed by atoms with van der Waals surface area (Å²) < 4.78 is 5.53. The van der Waals surface area contributed by atoms with Gasteiger partial charge in [0.2, 0.25) is 5.91 Å². The number of carbonyl (C=O) groups is 2. The van der Waals surface area contributed by atoms with Crippen LogP contribution in [0.5, 0.6) is 5.75 Å². The Labute approximate surface area is 166 Å². The molecule has 0 aromatic heterocycles. The number of nitrogens with one attached hydrogen (secondary N) is 1. The number of piperazine rings is 1. The van der Waals surface area contributed by atoms with Crippen molar-refractivity contribution in [1.29, 1.82) is 0 Å². The molecule has 0 spiro atoms. The van der Waals surface area contributed by atoms with E-state index in [9.17, 15) is 9.59 Å². The number of rotatable bonds is 8. The van der Waals surface area contributed by atoms with Gasteiger partial charge in [-0.05, 0) is 24.3 Å². The molecule has 0 aliphatic carbocycles. The molecule has 0 unspecified atom stereocenters. The smallest absolute Gasteiger partial charge is 0.253 e. The Morgan fingerprint density at radius 1 is 0.893 bits per heavy atom. The fourth-order valence-corrected chi connectivity index (χ4v) is 3.16. The third-order valence-corrected chi connectivity index (χ3v) is 4.77. The number of para-hydroxylation sites is 1. The standard InChI is InChI=1S/C22H27N3O3/c26-21(11-18-28-20-9-5-2-6-10-20)23-12-13-24-14-16-25(17-15-24)22(27)19-7-3-1-4-8-19/h1-10H,11-18H2,(H,23,26). The summed E-state index contributed by atoms with van der Waals surface area (Å²) in [6.45, 7) is 4.85. The topological polar surface area (TPSA) is 61.9 Å². The van der Waals surface area contributed by atoms with Crippen molar-refractivity contribution in [1.82, 2.24) is 15.1 Å². The fraction of sp³-hybridized carbons (Fsp3) is 0.364.